The van der Waals surface area contributed by atoms with Crippen LogP contribution in [0, 0.1) is 5.82 Å². The molecule has 23 heavy (non-hydrogen) atoms. The zero-order valence-corrected chi connectivity index (χ0v) is 13.8. The quantitative estimate of drug-likeness (QED) is 0.807. The third kappa shape index (κ3) is 4.55. The Kier molecular flexibility index (Phi) is 5.74. The molecule has 0 aliphatic heterocycles. The lowest BCUT2D eigenvalue weighted by molar-refractivity contribution is -0.134. The van der Waals surface area contributed by atoms with E-state index in [-0.39, 0.29) is 24.4 Å². The summed E-state index contributed by atoms with van der Waals surface area (Å²) in [7, 11) is 1.72. The third-order valence-corrected chi connectivity index (χ3v) is 4.02. The van der Waals surface area contributed by atoms with Gasteiger partial charge in [0.2, 0.25) is 0 Å². The summed E-state index contributed by atoms with van der Waals surface area (Å²) in [5, 5.41) is 0. The molecule has 3 nitrogen and oxygen atoms in total. The van der Waals surface area contributed by atoms with E-state index in [2.05, 4.69) is 6.92 Å². The van der Waals surface area contributed by atoms with Crippen LogP contribution in [0.4, 0.5) is 4.39 Å². The fraction of sp³-hybridized carbons (Fsp3) is 0.316. The standard InChI is InChI=1S/C19H22FNO2/c1-4-15-5-11-18(12-6-15)23-13-19(22)21(3)14(2)16-7-9-17(20)10-8-16/h5-12,14H,4,13H2,1-3H3. The summed E-state index contributed by atoms with van der Waals surface area (Å²) in [6.45, 7) is 3.97. The van der Waals surface area contributed by atoms with E-state index in [0.717, 1.165) is 12.0 Å². The number of hydrogen-bond acceptors (Lipinski definition) is 2. The molecule has 2 aromatic rings. The van der Waals surface area contributed by atoms with Gasteiger partial charge in [-0.05, 0) is 48.7 Å². The molecule has 0 saturated carbocycles. The van der Waals surface area contributed by atoms with Crippen molar-refractivity contribution >= 4 is 5.91 Å². The van der Waals surface area contributed by atoms with E-state index < -0.39 is 0 Å². The van der Waals surface area contributed by atoms with Crippen molar-refractivity contribution in [2.75, 3.05) is 13.7 Å². The summed E-state index contributed by atoms with van der Waals surface area (Å²) in [4.78, 5) is 13.9. The van der Waals surface area contributed by atoms with Crippen LogP contribution in [0.25, 0.3) is 0 Å². The molecule has 0 bridgehead atoms. The monoisotopic (exact) mass is 315 g/mol. The van der Waals surface area contributed by atoms with E-state index in [1.807, 2.05) is 31.2 Å². The zero-order chi connectivity index (χ0) is 16.8. The average Bonchev–Trinajstić information content (AvgIpc) is 2.59. The van der Waals surface area contributed by atoms with Gasteiger partial charge in [-0.3, -0.25) is 4.79 Å². The molecular weight excluding hydrogens is 293 g/mol. The van der Waals surface area contributed by atoms with Crippen LogP contribution in [-0.2, 0) is 11.2 Å². The Morgan fingerprint density at radius 2 is 1.74 bits per heavy atom. The molecule has 2 aromatic carbocycles. The summed E-state index contributed by atoms with van der Waals surface area (Å²) >= 11 is 0. The summed E-state index contributed by atoms with van der Waals surface area (Å²) in [6.07, 6.45) is 0.969. The number of halogens is 1. The highest BCUT2D eigenvalue weighted by atomic mass is 19.1. The van der Waals surface area contributed by atoms with Crippen molar-refractivity contribution in [2.45, 2.75) is 26.3 Å². The second kappa shape index (κ2) is 7.77. The highest BCUT2D eigenvalue weighted by molar-refractivity contribution is 5.78. The number of benzene rings is 2. The van der Waals surface area contributed by atoms with Gasteiger partial charge in [0.05, 0.1) is 6.04 Å². The fourth-order valence-electron chi connectivity index (χ4n) is 2.25. The van der Waals surface area contributed by atoms with Crippen LogP contribution >= 0.6 is 0 Å². The number of ether oxygens (including phenoxy) is 1. The van der Waals surface area contributed by atoms with Gasteiger partial charge in [-0.15, -0.1) is 0 Å². The molecule has 0 aliphatic carbocycles. The number of carbonyl (C=O) groups excluding carboxylic acids is 1. The maximum absolute atomic E-state index is 13.0. The van der Waals surface area contributed by atoms with Crippen molar-refractivity contribution in [1.29, 1.82) is 0 Å². The molecule has 0 aliphatic rings. The number of likely N-dealkylation sites (N-methyl/N-ethyl adjacent to an activating group) is 1. The Hall–Kier alpha value is -2.36. The van der Waals surface area contributed by atoms with E-state index in [0.29, 0.717) is 5.75 Å². The molecule has 4 heteroatoms. The zero-order valence-electron chi connectivity index (χ0n) is 13.8. The van der Waals surface area contributed by atoms with Gasteiger partial charge in [0.15, 0.2) is 6.61 Å². The van der Waals surface area contributed by atoms with Gasteiger partial charge in [0, 0.05) is 7.05 Å². The molecule has 0 spiro atoms. The van der Waals surface area contributed by atoms with Crippen LogP contribution in [0.3, 0.4) is 0 Å². The number of nitrogens with zero attached hydrogens (tertiary/aromatic N) is 1. The number of hydrogen-bond donors (Lipinski definition) is 0. The number of carbonyl (C=O) groups is 1. The summed E-state index contributed by atoms with van der Waals surface area (Å²) in [5.74, 6) is 0.272. The number of rotatable bonds is 6. The Balaban J connectivity index is 1.92. The van der Waals surface area contributed by atoms with Gasteiger partial charge in [-0.1, -0.05) is 31.2 Å². The molecule has 0 saturated heterocycles. The first-order valence-electron chi connectivity index (χ1n) is 7.74. The van der Waals surface area contributed by atoms with E-state index >= 15 is 0 Å². The molecule has 1 amide bonds. The van der Waals surface area contributed by atoms with Gasteiger partial charge in [-0.2, -0.15) is 0 Å². The van der Waals surface area contributed by atoms with Gasteiger partial charge in [0.25, 0.3) is 5.91 Å². The number of amides is 1. The Morgan fingerprint density at radius 1 is 1.13 bits per heavy atom. The lowest BCUT2D eigenvalue weighted by Gasteiger charge is -2.25. The van der Waals surface area contributed by atoms with Crippen molar-refractivity contribution in [3.05, 3.63) is 65.5 Å². The van der Waals surface area contributed by atoms with E-state index in [4.69, 9.17) is 4.74 Å². The highest BCUT2D eigenvalue weighted by Crippen LogP contribution is 2.19. The van der Waals surface area contributed by atoms with Crippen LogP contribution in [0.5, 0.6) is 5.75 Å². The van der Waals surface area contributed by atoms with E-state index in [1.165, 1.54) is 17.7 Å². The van der Waals surface area contributed by atoms with Crippen LogP contribution in [0.1, 0.15) is 31.0 Å². The van der Waals surface area contributed by atoms with E-state index in [1.54, 1.807) is 24.1 Å². The summed E-state index contributed by atoms with van der Waals surface area (Å²) < 4.78 is 18.5. The first-order chi connectivity index (χ1) is 11.0. The van der Waals surface area contributed by atoms with Crippen LogP contribution in [0.15, 0.2) is 48.5 Å². The Morgan fingerprint density at radius 3 is 2.30 bits per heavy atom. The van der Waals surface area contributed by atoms with Crippen LogP contribution < -0.4 is 4.74 Å². The van der Waals surface area contributed by atoms with Gasteiger partial charge >= 0.3 is 0 Å². The van der Waals surface area contributed by atoms with Crippen molar-refractivity contribution in [2.24, 2.45) is 0 Å². The fourth-order valence-corrected chi connectivity index (χ4v) is 2.25. The van der Waals surface area contributed by atoms with E-state index in [9.17, 15) is 9.18 Å². The topological polar surface area (TPSA) is 29.5 Å². The van der Waals surface area contributed by atoms with Crippen molar-refractivity contribution < 1.29 is 13.9 Å². The molecule has 0 fully saturated rings. The SMILES string of the molecule is CCc1ccc(OCC(=O)N(C)C(C)c2ccc(F)cc2)cc1. The maximum atomic E-state index is 13.0. The minimum Gasteiger partial charge on any atom is -0.484 e. The lowest BCUT2D eigenvalue weighted by atomic mass is 10.1. The van der Waals surface area contributed by atoms with Gasteiger partial charge < -0.3 is 9.64 Å². The van der Waals surface area contributed by atoms with Crippen molar-refractivity contribution in [3.63, 3.8) is 0 Å². The second-order valence-electron chi connectivity index (χ2n) is 5.52. The third-order valence-electron chi connectivity index (χ3n) is 4.02. The molecule has 1 unspecified atom stereocenters. The molecule has 2 rings (SSSR count). The second-order valence-corrected chi connectivity index (χ2v) is 5.52. The van der Waals surface area contributed by atoms with Gasteiger partial charge in [0.1, 0.15) is 11.6 Å². The average molecular weight is 315 g/mol. The highest BCUT2D eigenvalue weighted by Gasteiger charge is 2.17. The number of aryl methyl sites for hydroxylation is 1. The van der Waals surface area contributed by atoms with Crippen LogP contribution in [0.2, 0.25) is 0 Å². The van der Waals surface area contributed by atoms with Crippen molar-refractivity contribution in [1.82, 2.24) is 4.90 Å². The Labute approximate surface area is 136 Å². The maximum Gasteiger partial charge on any atom is 0.260 e. The predicted octanol–water partition coefficient (Wildman–Crippen LogP) is 3.99. The molecular formula is C19H22FNO2. The lowest BCUT2D eigenvalue weighted by Crippen LogP contribution is -2.33. The van der Waals surface area contributed by atoms with Crippen molar-refractivity contribution in [3.8, 4) is 5.75 Å². The summed E-state index contributed by atoms with van der Waals surface area (Å²) in [6, 6.07) is 13.8. The van der Waals surface area contributed by atoms with Crippen LogP contribution in [-0.4, -0.2) is 24.5 Å². The molecule has 0 aromatic heterocycles. The summed E-state index contributed by atoms with van der Waals surface area (Å²) in [5.41, 5.74) is 2.11. The molecule has 0 N–H and O–H groups in total. The first-order valence-corrected chi connectivity index (χ1v) is 7.74. The minimum absolute atomic E-state index is 0.0203. The molecule has 1 atom stereocenters. The minimum atomic E-state index is -0.284. The Bertz CT molecular complexity index is 637. The first kappa shape index (κ1) is 17.0. The molecule has 0 radical (unpaired) electrons. The molecule has 0 heterocycles. The van der Waals surface area contributed by atoms with Gasteiger partial charge in [-0.25, -0.2) is 4.39 Å². The normalized spacial score (nSPS) is 11.8. The predicted molar refractivity (Wildman–Crippen MR) is 88.9 cm³/mol. The largest absolute Gasteiger partial charge is 0.484 e. The molecule has 122 valence electrons. The smallest absolute Gasteiger partial charge is 0.260 e.